The molecule has 10 heteroatoms. The van der Waals surface area contributed by atoms with Gasteiger partial charge in [-0.15, -0.1) is 0 Å². The molecule has 4 rings (SSSR count). The van der Waals surface area contributed by atoms with E-state index in [1.807, 2.05) is 6.92 Å². The molecule has 0 bridgehead atoms. The highest BCUT2D eigenvalue weighted by molar-refractivity contribution is 7.89. The van der Waals surface area contributed by atoms with E-state index < -0.39 is 15.9 Å². The van der Waals surface area contributed by atoms with E-state index in [4.69, 9.17) is 9.47 Å². The minimum atomic E-state index is -3.75. The predicted octanol–water partition coefficient (Wildman–Crippen LogP) is 2.66. The van der Waals surface area contributed by atoms with E-state index in [2.05, 4.69) is 5.32 Å². The van der Waals surface area contributed by atoms with Gasteiger partial charge in [0.25, 0.3) is 5.91 Å². The number of rotatable bonds is 7. The van der Waals surface area contributed by atoms with Crippen molar-refractivity contribution in [2.75, 3.05) is 50.2 Å². The Morgan fingerprint density at radius 2 is 1.88 bits per heavy atom. The third-order valence-electron chi connectivity index (χ3n) is 6.10. The molecule has 9 nitrogen and oxygen atoms in total. The molecule has 2 aromatic carbocycles. The number of carbonyl (C=O) groups excluding carboxylic acids is 2. The Kier molecular flexibility index (Phi) is 7.20. The molecule has 0 aromatic heterocycles. The lowest BCUT2D eigenvalue weighted by Crippen LogP contribution is -2.41. The second kappa shape index (κ2) is 10.1. The van der Waals surface area contributed by atoms with Crippen LogP contribution in [-0.4, -0.2) is 64.5 Å². The topological polar surface area (TPSA) is 105 Å². The van der Waals surface area contributed by atoms with E-state index in [1.54, 1.807) is 35.2 Å². The molecule has 182 valence electrons. The van der Waals surface area contributed by atoms with Crippen LogP contribution in [0.2, 0.25) is 0 Å². The SMILES string of the molecule is CCc1ccc(C(=O)Nc2ccc(N3CCCC3=O)c(OC)c2)cc1S(=O)(=O)N1CCOCC1. The Labute approximate surface area is 199 Å². The summed E-state index contributed by atoms with van der Waals surface area (Å²) in [5.74, 6) is 0.0817. The number of nitrogens with zero attached hydrogens (tertiary/aromatic N) is 2. The van der Waals surface area contributed by atoms with E-state index in [-0.39, 0.29) is 29.5 Å². The average molecular weight is 488 g/mol. The normalized spacial score (nSPS) is 17.1. The van der Waals surface area contributed by atoms with Crippen molar-refractivity contribution in [3.05, 3.63) is 47.5 Å². The van der Waals surface area contributed by atoms with Gasteiger partial charge in [-0.3, -0.25) is 9.59 Å². The number of hydrogen-bond acceptors (Lipinski definition) is 6. The van der Waals surface area contributed by atoms with Crippen molar-refractivity contribution >= 4 is 33.2 Å². The van der Waals surface area contributed by atoms with E-state index in [1.165, 1.54) is 17.5 Å². The highest BCUT2D eigenvalue weighted by Crippen LogP contribution is 2.34. The summed E-state index contributed by atoms with van der Waals surface area (Å²) in [6, 6.07) is 9.85. The van der Waals surface area contributed by atoms with Gasteiger partial charge in [0.15, 0.2) is 0 Å². The summed E-state index contributed by atoms with van der Waals surface area (Å²) >= 11 is 0. The second-order valence-electron chi connectivity index (χ2n) is 8.18. The lowest BCUT2D eigenvalue weighted by atomic mass is 10.1. The van der Waals surface area contributed by atoms with E-state index in [0.29, 0.717) is 55.3 Å². The average Bonchev–Trinajstić information content (AvgIpc) is 3.29. The van der Waals surface area contributed by atoms with Gasteiger partial charge >= 0.3 is 0 Å². The quantitative estimate of drug-likeness (QED) is 0.644. The molecule has 0 saturated carbocycles. The standard InChI is InChI=1S/C24H29N3O6S/c1-3-17-6-7-18(15-22(17)34(30,31)26-11-13-33-14-12-26)24(29)25-19-8-9-20(21(16-19)32-2)27-10-4-5-23(27)28/h6-9,15-16H,3-5,10-14H2,1-2H3,(H,25,29). The fourth-order valence-corrected chi connectivity index (χ4v) is 5.97. The Morgan fingerprint density at radius 3 is 2.53 bits per heavy atom. The van der Waals surface area contributed by atoms with Gasteiger partial charge in [0.05, 0.1) is 30.9 Å². The zero-order chi connectivity index (χ0) is 24.3. The fraction of sp³-hybridized carbons (Fsp3) is 0.417. The molecule has 2 aliphatic heterocycles. The Balaban J connectivity index is 1.59. The van der Waals surface area contributed by atoms with Crippen molar-refractivity contribution in [3.8, 4) is 5.75 Å². The third-order valence-corrected chi connectivity index (χ3v) is 8.08. The summed E-state index contributed by atoms with van der Waals surface area (Å²) in [5.41, 5.74) is 2.04. The number of morpholine rings is 1. The molecular weight excluding hydrogens is 458 g/mol. The minimum absolute atomic E-state index is 0.0418. The van der Waals surface area contributed by atoms with Gasteiger partial charge in [-0.1, -0.05) is 13.0 Å². The molecule has 2 aromatic rings. The largest absolute Gasteiger partial charge is 0.494 e. The van der Waals surface area contributed by atoms with Gasteiger partial charge in [0.1, 0.15) is 5.75 Å². The molecule has 2 aliphatic rings. The Bertz CT molecular complexity index is 1190. The summed E-state index contributed by atoms with van der Waals surface area (Å²) in [4.78, 5) is 26.9. The molecule has 2 heterocycles. The van der Waals surface area contributed by atoms with Crippen LogP contribution in [0.1, 0.15) is 35.7 Å². The van der Waals surface area contributed by atoms with Crippen LogP contribution in [0.5, 0.6) is 5.75 Å². The maximum absolute atomic E-state index is 13.3. The number of nitrogens with one attached hydrogen (secondary N) is 1. The zero-order valence-electron chi connectivity index (χ0n) is 19.4. The van der Waals surface area contributed by atoms with Gasteiger partial charge < -0.3 is 19.7 Å². The van der Waals surface area contributed by atoms with Crippen LogP contribution >= 0.6 is 0 Å². The first-order valence-electron chi connectivity index (χ1n) is 11.4. The van der Waals surface area contributed by atoms with E-state index >= 15 is 0 Å². The van der Waals surface area contributed by atoms with Gasteiger partial charge in [0.2, 0.25) is 15.9 Å². The van der Waals surface area contributed by atoms with Crippen molar-refractivity contribution in [2.24, 2.45) is 0 Å². The number of carbonyl (C=O) groups is 2. The van der Waals surface area contributed by atoms with Gasteiger partial charge in [-0.25, -0.2) is 8.42 Å². The molecule has 2 saturated heterocycles. The number of amides is 2. The van der Waals surface area contributed by atoms with Crippen LogP contribution in [-0.2, 0) is 26.0 Å². The molecule has 0 spiro atoms. The minimum Gasteiger partial charge on any atom is -0.494 e. The summed E-state index contributed by atoms with van der Waals surface area (Å²) in [7, 11) is -2.24. The van der Waals surface area contributed by atoms with Crippen LogP contribution < -0.4 is 15.0 Å². The highest BCUT2D eigenvalue weighted by Gasteiger charge is 2.29. The summed E-state index contributed by atoms with van der Waals surface area (Å²) in [6.07, 6.45) is 1.82. The first-order chi connectivity index (χ1) is 16.3. The number of aryl methyl sites for hydroxylation is 1. The summed E-state index contributed by atoms with van der Waals surface area (Å²) in [5, 5.41) is 2.81. The Hall–Kier alpha value is -2.95. The number of sulfonamides is 1. The number of methoxy groups -OCH3 is 1. The number of hydrogen-bond donors (Lipinski definition) is 1. The van der Waals surface area contributed by atoms with Crippen LogP contribution in [0.4, 0.5) is 11.4 Å². The molecule has 1 N–H and O–H groups in total. The van der Waals surface area contributed by atoms with Gasteiger partial charge in [-0.2, -0.15) is 4.31 Å². The van der Waals surface area contributed by atoms with Gasteiger partial charge in [0, 0.05) is 43.4 Å². The van der Waals surface area contributed by atoms with E-state index in [9.17, 15) is 18.0 Å². The molecule has 0 aliphatic carbocycles. The first kappa shape index (κ1) is 24.2. The van der Waals surface area contributed by atoms with E-state index in [0.717, 1.165) is 6.42 Å². The lowest BCUT2D eigenvalue weighted by Gasteiger charge is -2.27. The van der Waals surface area contributed by atoms with Crippen LogP contribution in [0, 0.1) is 0 Å². The fourth-order valence-electron chi connectivity index (χ4n) is 4.24. The number of anilines is 2. The maximum atomic E-state index is 13.3. The van der Waals surface area contributed by atoms with Crippen molar-refractivity contribution in [2.45, 2.75) is 31.1 Å². The second-order valence-corrected chi connectivity index (χ2v) is 10.1. The molecule has 2 amide bonds. The Morgan fingerprint density at radius 1 is 1.12 bits per heavy atom. The number of benzene rings is 2. The zero-order valence-corrected chi connectivity index (χ0v) is 20.2. The molecular formula is C24H29N3O6S. The summed E-state index contributed by atoms with van der Waals surface area (Å²) < 4.78 is 38.7. The number of ether oxygens (including phenoxy) is 2. The van der Waals surface area contributed by atoms with Crippen molar-refractivity contribution in [1.29, 1.82) is 0 Å². The van der Waals surface area contributed by atoms with Crippen LogP contribution in [0.25, 0.3) is 0 Å². The van der Waals surface area contributed by atoms with Gasteiger partial charge in [-0.05, 0) is 42.7 Å². The maximum Gasteiger partial charge on any atom is 0.255 e. The molecule has 0 atom stereocenters. The summed E-state index contributed by atoms with van der Waals surface area (Å²) in [6.45, 7) is 3.78. The highest BCUT2D eigenvalue weighted by atomic mass is 32.2. The van der Waals surface area contributed by atoms with Crippen LogP contribution in [0.3, 0.4) is 0 Å². The van der Waals surface area contributed by atoms with Crippen LogP contribution in [0.15, 0.2) is 41.3 Å². The monoisotopic (exact) mass is 487 g/mol. The first-order valence-corrected chi connectivity index (χ1v) is 12.8. The predicted molar refractivity (Wildman–Crippen MR) is 128 cm³/mol. The van der Waals surface area contributed by atoms with Crippen molar-refractivity contribution in [3.63, 3.8) is 0 Å². The third kappa shape index (κ3) is 4.79. The lowest BCUT2D eigenvalue weighted by molar-refractivity contribution is -0.117. The molecule has 2 fully saturated rings. The smallest absolute Gasteiger partial charge is 0.255 e. The molecule has 34 heavy (non-hydrogen) atoms. The molecule has 0 unspecified atom stereocenters. The molecule has 0 radical (unpaired) electrons. The van der Waals surface area contributed by atoms with Crippen molar-refractivity contribution in [1.82, 2.24) is 4.31 Å². The van der Waals surface area contributed by atoms with Crippen molar-refractivity contribution < 1.29 is 27.5 Å².